The monoisotopic (exact) mass is 399 g/mol. The lowest BCUT2D eigenvalue weighted by Crippen LogP contribution is -2.34. The molecule has 0 saturated carbocycles. The van der Waals surface area contributed by atoms with Gasteiger partial charge in [0.2, 0.25) is 0 Å². The second kappa shape index (κ2) is 6.91. The zero-order valence-corrected chi connectivity index (χ0v) is 16.6. The standard InChI is InChI=1S/C21H18ClNO3S/c1-12-15-11-17(26-3)16(25-2)10-13(15)8-9-23(12)21(24)20-19(22)14-6-4-5-7-18(14)27-20/h4-7,10-11H,1,8-9H2,2-3H3. The molecule has 1 aliphatic heterocycles. The van der Waals surface area contributed by atoms with Crippen molar-refractivity contribution >= 4 is 44.6 Å². The summed E-state index contributed by atoms with van der Waals surface area (Å²) in [5.74, 6) is 1.18. The third-order valence-corrected chi connectivity index (χ3v) is 6.49. The molecule has 6 heteroatoms. The molecule has 0 radical (unpaired) electrons. The number of fused-ring (bicyclic) bond motifs is 2. The van der Waals surface area contributed by atoms with Crippen molar-refractivity contribution in [1.29, 1.82) is 0 Å². The van der Waals surface area contributed by atoms with Crippen LogP contribution in [0, 0.1) is 0 Å². The minimum absolute atomic E-state index is 0.119. The van der Waals surface area contributed by atoms with E-state index in [2.05, 4.69) is 6.58 Å². The van der Waals surface area contributed by atoms with E-state index in [1.165, 1.54) is 11.3 Å². The summed E-state index contributed by atoms with van der Waals surface area (Å²) < 4.78 is 11.8. The number of carbonyl (C=O) groups excluding carboxylic acids is 1. The van der Waals surface area contributed by atoms with Gasteiger partial charge in [0.05, 0.1) is 19.2 Å². The van der Waals surface area contributed by atoms with Crippen LogP contribution in [0.4, 0.5) is 0 Å². The van der Waals surface area contributed by atoms with E-state index in [0.717, 1.165) is 21.2 Å². The maximum Gasteiger partial charge on any atom is 0.269 e. The number of hydrogen-bond acceptors (Lipinski definition) is 4. The van der Waals surface area contributed by atoms with Crippen LogP contribution in [0.5, 0.6) is 11.5 Å². The number of halogens is 1. The Morgan fingerprint density at radius 3 is 2.59 bits per heavy atom. The topological polar surface area (TPSA) is 38.8 Å². The highest BCUT2D eigenvalue weighted by Crippen LogP contribution is 2.40. The Hall–Kier alpha value is -2.50. The van der Waals surface area contributed by atoms with Gasteiger partial charge in [-0.3, -0.25) is 4.79 Å². The van der Waals surface area contributed by atoms with E-state index in [-0.39, 0.29) is 5.91 Å². The summed E-state index contributed by atoms with van der Waals surface area (Å²) in [4.78, 5) is 15.5. The van der Waals surface area contributed by atoms with Gasteiger partial charge in [-0.05, 0) is 30.2 Å². The van der Waals surface area contributed by atoms with E-state index in [0.29, 0.717) is 40.1 Å². The molecule has 0 spiro atoms. The average molecular weight is 400 g/mol. The first-order valence-corrected chi connectivity index (χ1v) is 9.67. The first kappa shape index (κ1) is 17.9. The third kappa shape index (κ3) is 2.87. The normalized spacial score (nSPS) is 13.6. The summed E-state index contributed by atoms with van der Waals surface area (Å²) in [6, 6.07) is 11.6. The van der Waals surface area contributed by atoms with Gasteiger partial charge in [-0.2, -0.15) is 0 Å². The highest BCUT2D eigenvalue weighted by molar-refractivity contribution is 7.21. The Morgan fingerprint density at radius 1 is 1.19 bits per heavy atom. The summed E-state index contributed by atoms with van der Waals surface area (Å²) in [5, 5.41) is 1.41. The first-order chi connectivity index (χ1) is 13.0. The Morgan fingerprint density at radius 2 is 1.89 bits per heavy atom. The molecule has 0 aliphatic carbocycles. The minimum atomic E-state index is -0.119. The minimum Gasteiger partial charge on any atom is -0.493 e. The van der Waals surface area contributed by atoms with Crippen LogP contribution >= 0.6 is 22.9 Å². The molecular formula is C21H18ClNO3S. The molecule has 1 aliphatic rings. The number of nitrogens with zero attached hydrogens (tertiary/aromatic N) is 1. The fourth-order valence-electron chi connectivity index (χ4n) is 3.41. The number of benzene rings is 2. The largest absolute Gasteiger partial charge is 0.493 e. The van der Waals surface area contributed by atoms with Gasteiger partial charge in [0.15, 0.2) is 11.5 Å². The first-order valence-electron chi connectivity index (χ1n) is 8.48. The summed E-state index contributed by atoms with van der Waals surface area (Å²) in [6.07, 6.45) is 0.711. The van der Waals surface area contributed by atoms with E-state index >= 15 is 0 Å². The number of carbonyl (C=O) groups is 1. The second-order valence-electron chi connectivity index (χ2n) is 6.26. The highest BCUT2D eigenvalue weighted by Gasteiger charge is 2.29. The second-order valence-corrected chi connectivity index (χ2v) is 7.69. The molecule has 0 bridgehead atoms. The maximum absolute atomic E-state index is 13.2. The number of thiophene rings is 1. The number of amides is 1. The van der Waals surface area contributed by atoms with Crippen molar-refractivity contribution in [2.24, 2.45) is 0 Å². The van der Waals surface area contributed by atoms with E-state index in [9.17, 15) is 4.79 Å². The SMILES string of the molecule is C=C1c2cc(OC)c(OC)cc2CCN1C(=O)c1sc2ccccc2c1Cl. The van der Waals surface area contributed by atoms with E-state index in [1.807, 2.05) is 36.4 Å². The fraction of sp³-hybridized carbons (Fsp3) is 0.190. The Kier molecular flexibility index (Phi) is 4.58. The molecule has 0 fully saturated rings. The van der Waals surface area contributed by atoms with Crippen molar-refractivity contribution in [3.05, 3.63) is 64.0 Å². The number of rotatable bonds is 3. The molecule has 4 rings (SSSR count). The molecule has 138 valence electrons. The molecule has 1 aromatic heterocycles. The predicted molar refractivity (Wildman–Crippen MR) is 110 cm³/mol. The fourth-order valence-corrected chi connectivity index (χ4v) is 4.87. The van der Waals surface area contributed by atoms with Crippen LogP contribution in [-0.2, 0) is 6.42 Å². The number of hydrogen-bond donors (Lipinski definition) is 0. The van der Waals surface area contributed by atoms with Crippen molar-refractivity contribution in [3.8, 4) is 11.5 Å². The number of methoxy groups -OCH3 is 2. The highest BCUT2D eigenvalue weighted by atomic mass is 35.5. The Bertz CT molecular complexity index is 1070. The summed E-state index contributed by atoms with van der Waals surface area (Å²) in [7, 11) is 3.21. The van der Waals surface area contributed by atoms with Crippen molar-refractivity contribution in [1.82, 2.24) is 4.90 Å². The average Bonchev–Trinajstić information content (AvgIpc) is 3.04. The van der Waals surface area contributed by atoms with Crippen LogP contribution in [0.2, 0.25) is 5.02 Å². The van der Waals surface area contributed by atoms with Gasteiger partial charge in [0.25, 0.3) is 5.91 Å². The zero-order valence-electron chi connectivity index (χ0n) is 15.0. The van der Waals surface area contributed by atoms with E-state index in [1.54, 1.807) is 19.1 Å². The molecule has 3 aromatic rings. The Balaban J connectivity index is 1.72. The Labute approximate surface area is 166 Å². The van der Waals surface area contributed by atoms with Gasteiger partial charge in [0, 0.05) is 27.9 Å². The molecule has 0 atom stereocenters. The van der Waals surface area contributed by atoms with Crippen LogP contribution in [0.15, 0.2) is 43.0 Å². The van der Waals surface area contributed by atoms with Crippen LogP contribution < -0.4 is 9.47 Å². The van der Waals surface area contributed by atoms with Gasteiger partial charge in [0.1, 0.15) is 4.88 Å². The van der Waals surface area contributed by atoms with Crippen LogP contribution in [0.3, 0.4) is 0 Å². The third-order valence-electron chi connectivity index (χ3n) is 4.83. The van der Waals surface area contributed by atoms with Crippen molar-refractivity contribution in [2.75, 3.05) is 20.8 Å². The molecule has 4 nitrogen and oxygen atoms in total. The van der Waals surface area contributed by atoms with Gasteiger partial charge < -0.3 is 14.4 Å². The molecular weight excluding hydrogens is 382 g/mol. The molecule has 27 heavy (non-hydrogen) atoms. The van der Waals surface area contributed by atoms with Crippen LogP contribution in [-0.4, -0.2) is 31.6 Å². The van der Waals surface area contributed by atoms with Gasteiger partial charge in [-0.1, -0.05) is 36.4 Å². The predicted octanol–water partition coefficient (Wildman–Crippen LogP) is 5.24. The summed E-state index contributed by atoms with van der Waals surface area (Å²) in [5.41, 5.74) is 2.63. The summed E-state index contributed by atoms with van der Waals surface area (Å²) in [6.45, 7) is 4.71. The zero-order chi connectivity index (χ0) is 19.1. The molecule has 0 saturated heterocycles. The van der Waals surface area contributed by atoms with Crippen LogP contribution in [0.1, 0.15) is 20.8 Å². The van der Waals surface area contributed by atoms with Crippen molar-refractivity contribution in [2.45, 2.75) is 6.42 Å². The van der Waals surface area contributed by atoms with E-state index < -0.39 is 0 Å². The number of ether oxygens (including phenoxy) is 2. The van der Waals surface area contributed by atoms with Gasteiger partial charge in [-0.15, -0.1) is 11.3 Å². The lowest BCUT2D eigenvalue weighted by molar-refractivity contribution is 0.0838. The molecule has 0 unspecified atom stereocenters. The lowest BCUT2D eigenvalue weighted by Gasteiger charge is -2.31. The smallest absolute Gasteiger partial charge is 0.269 e. The lowest BCUT2D eigenvalue weighted by atomic mass is 9.96. The molecule has 0 N–H and O–H groups in total. The maximum atomic E-state index is 13.2. The van der Waals surface area contributed by atoms with Crippen molar-refractivity contribution in [3.63, 3.8) is 0 Å². The van der Waals surface area contributed by atoms with E-state index in [4.69, 9.17) is 21.1 Å². The van der Waals surface area contributed by atoms with Gasteiger partial charge >= 0.3 is 0 Å². The van der Waals surface area contributed by atoms with Crippen molar-refractivity contribution < 1.29 is 14.3 Å². The van der Waals surface area contributed by atoms with Gasteiger partial charge in [-0.25, -0.2) is 0 Å². The molecule has 2 aromatic carbocycles. The van der Waals surface area contributed by atoms with Crippen LogP contribution in [0.25, 0.3) is 15.8 Å². The summed E-state index contributed by atoms with van der Waals surface area (Å²) >= 11 is 7.92. The molecule has 1 amide bonds. The quantitative estimate of drug-likeness (QED) is 0.604. The molecule has 2 heterocycles.